The zero-order valence-corrected chi connectivity index (χ0v) is 13.8. The van der Waals surface area contributed by atoms with Crippen molar-refractivity contribution >= 4 is 147 Å². The molecule has 0 rings (SSSR count). The van der Waals surface area contributed by atoms with Gasteiger partial charge in [0, 0.05) is 147 Å². The predicted octanol–water partition coefficient (Wildman–Crippen LogP) is -2.73. The van der Waals surface area contributed by atoms with Crippen LogP contribution in [0.25, 0.3) is 0 Å². The monoisotopic (exact) mass is 175 g/mol. The molecule has 0 aromatic carbocycles. The third-order valence-electron chi connectivity index (χ3n) is 0. The van der Waals surface area contributed by atoms with E-state index in [0.29, 0.717) is 0 Å². The minimum absolute atomic E-state index is 0. The van der Waals surface area contributed by atoms with Crippen molar-refractivity contribution in [2.45, 2.75) is 0 Å². The van der Waals surface area contributed by atoms with Crippen molar-refractivity contribution in [3.05, 3.63) is 0 Å². The molecule has 0 aliphatic carbocycles. The first-order valence-electron chi connectivity index (χ1n) is 0. The summed E-state index contributed by atoms with van der Waals surface area (Å²) in [6.07, 6.45) is 0. The molecular formula is H2AlCaKNaOSi. The summed E-state index contributed by atoms with van der Waals surface area (Å²) in [7, 11) is 0. The average molecular weight is 175 g/mol. The summed E-state index contributed by atoms with van der Waals surface area (Å²) < 4.78 is 0. The van der Waals surface area contributed by atoms with Gasteiger partial charge < -0.3 is 5.48 Å². The average Bonchev–Trinajstić information content (AvgIpc) is 0. The summed E-state index contributed by atoms with van der Waals surface area (Å²) in [6, 6.07) is 0. The van der Waals surface area contributed by atoms with E-state index in [9.17, 15) is 0 Å². The Morgan fingerprint density at radius 1 is 1.00 bits per heavy atom. The SMILES string of the molecule is O.[Al].[Ca].[K].[Na].[Si]. The van der Waals surface area contributed by atoms with Crippen LogP contribution >= 0.6 is 0 Å². The summed E-state index contributed by atoms with van der Waals surface area (Å²) >= 11 is 0. The molecule has 0 amide bonds. The van der Waals surface area contributed by atoms with E-state index in [1.807, 2.05) is 0 Å². The van der Waals surface area contributed by atoms with E-state index in [4.69, 9.17) is 0 Å². The summed E-state index contributed by atoms with van der Waals surface area (Å²) in [6.45, 7) is 0. The third kappa shape index (κ3) is 23.5. The van der Waals surface area contributed by atoms with Crippen molar-refractivity contribution in [1.29, 1.82) is 0 Å². The van der Waals surface area contributed by atoms with Crippen LogP contribution in [0.4, 0.5) is 0 Å². The van der Waals surface area contributed by atoms with E-state index >= 15 is 0 Å². The fourth-order valence-electron chi connectivity index (χ4n) is 0. The quantitative estimate of drug-likeness (QED) is 0.358. The largest absolute Gasteiger partial charge is 0.412 e. The second-order valence-electron chi connectivity index (χ2n) is 0. The van der Waals surface area contributed by atoms with Crippen LogP contribution in [-0.4, -0.2) is 152 Å². The fraction of sp³-hybridized carbons (Fsp3) is 0. The van der Waals surface area contributed by atoms with Crippen LogP contribution in [0.15, 0.2) is 0 Å². The van der Waals surface area contributed by atoms with Crippen LogP contribution in [0.3, 0.4) is 0 Å². The van der Waals surface area contributed by atoms with Gasteiger partial charge in [0.1, 0.15) is 0 Å². The molecule has 0 unspecified atom stereocenters. The Morgan fingerprint density at radius 3 is 1.00 bits per heavy atom. The van der Waals surface area contributed by atoms with E-state index in [1.165, 1.54) is 0 Å². The number of rotatable bonds is 0. The Labute approximate surface area is 148 Å². The van der Waals surface area contributed by atoms with Crippen molar-refractivity contribution in [3.63, 3.8) is 0 Å². The zero-order valence-electron chi connectivity index (χ0n) is 4.28. The van der Waals surface area contributed by atoms with Gasteiger partial charge in [0.15, 0.2) is 0 Å². The van der Waals surface area contributed by atoms with E-state index in [2.05, 4.69) is 0 Å². The fourth-order valence-corrected chi connectivity index (χ4v) is 0. The van der Waals surface area contributed by atoms with Crippen molar-refractivity contribution in [2.24, 2.45) is 0 Å². The van der Waals surface area contributed by atoms with Gasteiger partial charge in [-0.1, -0.05) is 0 Å². The summed E-state index contributed by atoms with van der Waals surface area (Å²) in [5, 5.41) is 0. The maximum Gasteiger partial charge on any atom is 0 e. The van der Waals surface area contributed by atoms with Gasteiger partial charge in [0.25, 0.3) is 0 Å². The van der Waals surface area contributed by atoms with Crippen LogP contribution in [-0.2, 0) is 0 Å². The van der Waals surface area contributed by atoms with Gasteiger partial charge in [-0.25, -0.2) is 0 Å². The summed E-state index contributed by atoms with van der Waals surface area (Å²) in [5.74, 6) is 0. The van der Waals surface area contributed by atoms with Crippen molar-refractivity contribution in [3.8, 4) is 0 Å². The molecule has 0 atom stereocenters. The molecule has 0 bridgehead atoms. The van der Waals surface area contributed by atoms with E-state index in [-0.39, 0.29) is 152 Å². The molecular weight excluding hydrogens is 173 g/mol. The van der Waals surface area contributed by atoms with E-state index in [1.54, 1.807) is 0 Å². The first kappa shape index (κ1) is 46.1. The Hall–Kier alpha value is 4.61. The molecule has 6 heavy (non-hydrogen) atoms. The topological polar surface area (TPSA) is 31.5 Å². The summed E-state index contributed by atoms with van der Waals surface area (Å²) in [5.41, 5.74) is 0. The van der Waals surface area contributed by atoms with Gasteiger partial charge >= 0.3 is 0 Å². The zero-order chi connectivity index (χ0) is 0. The molecule has 0 aromatic rings. The minimum Gasteiger partial charge on any atom is -0.412 e. The number of hydrogen-bond donors (Lipinski definition) is 0. The second-order valence-corrected chi connectivity index (χ2v) is 0. The minimum atomic E-state index is 0. The third-order valence-corrected chi connectivity index (χ3v) is 0. The molecule has 0 spiro atoms. The molecule has 0 saturated heterocycles. The van der Waals surface area contributed by atoms with Gasteiger partial charge in [-0.3, -0.25) is 0 Å². The normalized spacial score (nSPS) is 0. The van der Waals surface area contributed by atoms with Gasteiger partial charge in [0.2, 0.25) is 0 Å². The molecule has 1 nitrogen and oxygen atoms in total. The molecule has 0 fully saturated rings. The molecule has 11 radical (unpaired) electrons. The molecule has 0 aromatic heterocycles. The van der Waals surface area contributed by atoms with E-state index in [0.717, 1.165) is 0 Å². The molecule has 0 heterocycles. The van der Waals surface area contributed by atoms with Crippen LogP contribution in [0.5, 0.6) is 0 Å². The Bertz CT molecular complexity index is 15.5. The van der Waals surface area contributed by atoms with Crippen LogP contribution in [0, 0.1) is 0 Å². The van der Waals surface area contributed by atoms with Crippen LogP contribution < -0.4 is 0 Å². The van der Waals surface area contributed by atoms with Crippen LogP contribution in [0.2, 0.25) is 0 Å². The first-order chi connectivity index (χ1) is 0. The predicted molar refractivity (Wildman–Crippen MR) is 32.4 cm³/mol. The molecule has 6 heteroatoms. The maximum atomic E-state index is 0. The van der Waals surface area contributed by atoms with Gasteiger partial charge in [-0.2, -0.15) is 0 Å². The van der Waals surface area contributed by atoms with E-state index < -0.39 is 0 Å². The smallest absolute Gasteiger partial charge is 0 e. The Kier molecular flexibility index (Phi) is 258. The van der Waals surface area contributed by atoms with Crippen molar-refractivity contribution in [1.82, 2.24) is 0 Å². The van der Waals surface area contributed by atoms with Crippen LogP contribution in [0.1, 0.15) is 0 Å². The van der Waals surface area contributed by atoms with Gasteiger partial charge in [-0.05, 0) is 0 Å². The molecule has 0 aliphatic rings. The molecule has 0 aliphatic heterocycles. The first-order valence-corrected chi connectivity index (χ1v) is 0. The summed E-state index contributed by atoms with van der Waals surface area (Å²) in [4.78, 5) is 0. The Morgan fingerprint density at radius 2 is 1.00 bits per heavy atom. The van der Waals surface area contributed by atoms with Crippen molar-refractivity contribution in [2.75, 3.05) is 0 Å². The maximum absolute atomic E-state index is 0. The molecule has 19 valence electrons. The molecule has 2 N–H and O–H groups in total. The number of hydrogen-bond acceptors (Lipinski definition) is 0. The van der Waals surface area contributed by atoms with Gasteiger partial charge in [0.05, 0.1) is 0 Å². The van der Waals surface area contributed by atoms with Gasteiger partial charge in [-0.15, -0.1) is 0 Å². The molecule has 0 saturated carbocycles. The Balaban J connectivity index is 0. The second kappa shape index (κ2) is 33.5. The van der Waals surface area contributed by atoms with Crippen molar-refractivity contribution < 1.29 is 5.48 Å². The standard InChI is InChI=1S/Al.Ca.K.Na.H2O.Si/h;;;;1H2;.